The number of rotatable bonds is 12. The average Bonchev–Trinajstić information content (AvgIpc) is 2.54. The summed E-state index contributed by atoms with van der Waals surface area (Å²) in [6, 6.07) is 2.09. The molecule has 0 aliphatic rings. The molecule has 23 heavy (non-hydrogen) atoms. The first-order chi connectivity index (χ1) is 10.8. The summed E-state index contributed by atoms with van der Waals surface area (Å²) >= 11 is 0. The van der Waals surface area contributed by atoms with Crippen molar-refractivity contribution in [3.63, 3.8) is 0 Å². The van der Waals surface area contributed by atoms with E-state index in [2.05, 4.69) is 27.7 Å². The molecule has 0 bridgehead atoms. The number of hydrogen-bond acceptors (Lipinski definition) is 4. The van der Waals surface area contributed by atoms with Crippen LogP contribution in [0.2, 0.25) is 22.7 Å². The molecule has 0 rings (SSSR count). The molecule has 0 aliphatic heterocycles. The van der Waals surface area contributed by atoms with Gasteiger partial charge >= 0.3 is 9.28 Å². The maximum atomic E-state index is 13.1. The molecule has 0 amide bonds. The highest BCUT2D eigenvalue weighted by Gasteiger charge is 2.51. The third-order valence-corrected chi connectivity index (χ3v) is 12.8. The highest BCUT2D eigenvalue weighted by Crippen LogP contribution is 2.41. The summed E-state index contributed by atoms with van der Waals surface area (Å²) in [4.78, 5) is 13.1. The highest BCUT2D eigenvalue weighted by atomic mass is 28.4. The van der Waals surface area contributed by atoms with Crippen molar-refractivity contribution in [2.45, 2.75) is 89.9 Å². The summed E-state index contributed by atoms with van der Waals surface area (Å²) in [5.41, 5.74) is 0.480. The fourth-order valence-electron chi connectivity index (χ4n) is 3.24. The van der Waals surface area contributed by atoms with E-state index in [0.29, 0.717) is 12.0 Å². The van der Waals surface area contributed by atoms with Crippen molar-refractivity contribution in [2.75, 3.05) is 14.2 Å². The van der Waals surface area contributed by atoms with E-state index in [-0.39, 0.29) is 5.97 Å². The Morgan fingerprint density at radius 1 is 1.09 bits per heavy atom. The van der Waals surface area contributed by atoms with Gasteiger partial charge in [0.2, 0.25) is 0 Å². The molecule has 0 N–H and O–H groups in total. The number of carbonyl (C=O) groups excluding carboxylic acids is 1. The molecule has 0 aromatic heterocycles. The molecule has 0 aromatic carbocycles. The lowest BCUT2D eigenvalue weighted by molar-refractivity contribution is -0.139. The summed E-state index contributed by atoms with van der Waals surface area (Å²) in [6.45, 7) is 12.8. The van der Waals surface area contributed by atoms with Gasteiger partial charge in [0.15, 0.2) is 0 Å². The van der Waals surface area contributed by atoms with E-state index in [1.807, 2.05) is 13.8 Å². The minimum atomic E-state index is -2.10. The molecule has 0 spiro atoms. The highest BCUT2D eigenvalue weighted by molar-refractivity contribution is 6.77. The zero-order valence-electron chi connectivity index (χ0n) is 16.5. The topological polar surface area (TPSA) is 44.8 Å². The fraction of sp³-hybridized carbons (Fsp3) is 0.941. The van der Waals surface area contributed by atoms with E-state index in [1.54, 1.807) is 14.2 Å². The van der Waals surface area contributed by atoms with Crippen LogP contribution in [0.25, 0.3) is 0 Å². The van der Waals surface area contributed by atoms with E-state index >= 15 is 0 Å². The number of carbonyl (C=O) groups is 1. The lowest BCUT2D eigenvalue weighted by Crippen LogP contribution is -2.49. The Balaban J connectivity index is 5.57. The van der Waals surface area contributed by atoms with Gasteiger partial charge in [0, 0.05) is 14.2 Å². The molecule has 137 valence electrons. The molecule has 6 heteroatoms. The van der Waals surface area contributed by atoms with Gasteiger partial charge in [0.1, 0.15) is 5.04 Å². The van der Waals surface area contributed by atoms with Gasteiger partial charge in [-0.2, -0.15) is 0 Å². The second-order valence-electron chi connectivity index (χ2n) is 6.64. The zero-order valence-corrected chi connectivity index (χ0v) is 18.5. The Bertz CT molecular complexity index is 341. The Kier molecular flexibility index (Phi) is 10.6. The van der Waals surface area contributed by atoms with Gasteiger partial charge in [-0.15, -0.1) is 0 Å². The van der Waals surface area contributed by atoms with E-state index in [9.17, 15) is 4.79 Å². The quantitative estimate of drug-likeness (QED) is 0.456. The normalized spacial score (nSPS) is 16.2. The minimum Gasteiger partial charge on any atom is -0.518 e. The smallest absolute Gasteiger partial charge is 0.402 e. The van der Waals surface area contributed by atoms with Gasteiger partial charge < -0.3 is 13.3 Å². The summed E-state index contributed by atoms with van der Waals surface area (Å²) in [6.07, 6.45) is 3.87. The predicted octanol–water partition coefficient (Wildman–Crippen LogP) is 5.05. The second kappa shape index (κ2) is 10.6. The first-order valence-corrected chi connectivity index (χ1v) is 12.7. The summed E-state index contributed by atoms with van der Waals surface area (Å²) in [7, 11) is -0.556. The van der Waals surface area contributed by atoms with Crippen molar-refractivity contribution in [2.24, 2.45) is 0 Å². The van der Waals surface area contributed by atoms with Crippen LogP contribution in [-0.4, -0.2) is 37.8 Å². The first kappa shape index (κ1) is 22.8. The lowest BCUT2D eigenvalue weighted by atomic mass is 10.1. The van der Waals surface area contributed by atoms with E-state index in [4.69, 9.17) is 13.3 Å². The molecular formula is C17H37O4Si2. The standard InChI is InChI=1S/C17H37O4Si2/c1-9-13-23(14-10-2,15(5)11-3)21-16(18)17(6,12-4)22(19-7)20-8/h15H,9-14H2,1-8H3. The Morgan fingerprint density at radius 3 is 1.87 bits per heavy atom. The van der Waals surface area contributed by atoms with E-state index in [1.165, 1.54) is 0 Å². The van der Waals surface area contributed by atoms with Crippen LogP contribution in [0.4, 0.5) is 0 Å². The van der Waals surface area contributed by atoms with Crippen LogP contribution >= 0.6 is 0 Å². The van der Waals surface area contributed by atoms with Gasteiger partial charge in [0.05, 0.1) is 0 Å². The van der Waals surface area contributed by atoms with Crippen LogP contribution in [0.3, 0.4) is 0 Å². The van der Waals surface area contributed by atoms with Crippen molar-refractivity contribution < 1.29 is 18.1 Å². The summed E-state index contributed by atoms with van der Waals surface area (Å²) in [5.74, 6) is -0.105. The molecule has 2 unspecified atom stereocenters. The van der Waals surface area contributed by atoms with Crippen molar-refractivity contribution in [1.29, 1.82) is 0 Å². The maximum absolute atomic E-state index is 13.1. The third-order valence-electron chi connectivity index (χ3n) is 5.13. The zero-order chi connectivity index (χ0) is 18.1. The SMILES string of the molecule is CCC[Si](CCC)(OC(=O)C(C)(CC)[Si](OC)OC)C(C)CC. The van der Waals surface area contributed by atoms with Crippen molar-refractivity contribution in [3.05, 3.63) is 0 Å². The van der Waals surface area contributed by atoms with Gasteiger partial charge in [-0.3, -0.25) is 4.79 Å². The molecule has 0 aromatic rings. The molecule has 4 nitrogen and oxygen atoms in total. The number of hydrogen-bond donors (Lipinski definition) is 0. The van der Waals surface area contributed by atoms with Crippen LogP contribution in [0.5, 0.6) is 0 Å². The molecular weight excluding hydrogens is 324 g/mol. The molecule has 0 aliphatic carbocycles. The van der Waals surface area contributed by atoms with Gasteiger partial charge in [-0.1, -0.05) is 53.9 Å². The Hall–Kier alpha value is -0.176. The van der Waals surface area contributed by atoms with Gasteiger partial charge in [-0.25, -0.2) is 0 Å². The van der Waals surface area contributed by atoms with Crippen LogP contribution < -0.4 is 0 Å². The van der Waals surface area contributed by atoms with Crippen molar-refractivity contribution in [1.82, 2.24) is 0 Å². The van der Waals surface area contributed by atoms with Crippen LogP contribution in [0.15, 0.2) is 0 Å². The van der Waals surface area contributed by atoms with E-state index < -0.39 is 22.6 Å². The fourth-order valence-corrected chi connectivity index (χ4v) is 9.59. The van der Waals surface area contributed by atoms with Gasteiger partial charge in [0.25, 0.3) is 14.3 Å². The summed E-state index contributed by atoms with van der Waals surface area (Å²) in [5, 5.41) is -0.665. The molecule has 2 atom stereocenters. The molecule has 0 fully saturated rings. The largest absolute Gasteiger partial charge is 0.518 e. The molecule has 1 radical (unpaired) electrons. The van der Waals surface area contributed by atoms with E-state index in [0.717, 1.165) is 31.4 Å². The van der Waals surface area contributed by atoms with Crippen molar-refractivity contribution in [3.8, 4) is 0 Å². The Labute approximate surface area is 146 Å². The lowest BCUT2D eigenvalue weighted by Gasteiger charge is -2.39. The van der Waals surface area contributed by atoms with Crippen LogP contribution in [-0.2, 0) is 18.1 Å². The maximum Gasteiger partial charge on any atom is 0.402 e. The first-order valence-electron chi connectivity index (χ1n) is 9.00. The minimum absolute atomic E-state index is 0.105. The summed E-state index contributed by atoms with van der Waals surface area (Å²) < 4.78 is 17.4. The molecule has 0 heterocycles. The van der Waals surface area contributed by atoms with Crippen LogP contribution in [0.1, 0.15) is 67.2 Å². The Morgan fingerprint density at radius 2 is 1.57 bits per heavy atom. The van der Waals surface area contributed by atoms with Crippen molar-refractivity contribution >= 4 is 23.6 Å². The molecule has 0 saturated carbocycles. The average molecular weight is 362 g/mol. The molecule has 0 saturated heterocycles. The second-order valence-corrected chi connectivity index (χ2v) is 13.5. The predicted molar refractivity (Wildman–Crippen MR) is 100 cm³/mol. The van der Waals surface area contributed by atoms with Gasteiger partial charge in [-0.05, 0) is 31.0 Å². The third kappa shape index (κ3) is 5.41. The van der Waals surface area contributed by atoms with Crippen LogP contribution in [0, 0.1) is 0 Å². The monoisotopic (exact) mass is 361 g/mol.